The van der Waals surface area contributed by atoms with Gasteiger partial charge in [0, 0.05) is 18.4 Å². The van der Waals surface area contributed by atoms with Crippen LogP contribution in [-0.4, -0.2) is 40.1 Å². The van der Waals surface area contributed by atoms with Crippen LogP contribution in [0.3, 0.4) is 0 Å². The standard InChI is InChI=1S/C13H24N2O5/c1-8(4-3-5-9(2)14)12(18)15-10(13(19)20)6-7-11(16)17/h8-10H,3-7,14H2,1-2H3,(H,15,18)(H,16,17)(H,19,20). The zero-order valence-electron chi connectivity index (χ0n) is 12.0. The molecule has 5 N–H and O–H groups in total. The molecule has 7 heteroatoms. The Hall–Kier alpha value is -1.63. The predicted molar refractivity (Wildman–Crippen MR) is 73.1 cm³/mol. The van der Waals surface area contributed by atoms with E-state index in [4.69, 9.17) is 15.9 Å². The van der Waals surface area contributed by atoms with E-state index in [1.165, 1.54) is 0 Å². The molecule has 0 aromatic rings. The molecular weight excluding hydrogens is 264 g/mol. The van der Waals surface area contributed by atoms with Crippen LogP contribution < -0.4 is 11.1 Å². The summed E-state index contributed by atoms with van der Waals surface area (Å²) < 4.78 is 0. The van der Waals surface area contributed by atoms with Crippen LogP contribution >= 0.6 is 0 Å². The SMILES string of the molecule is CC(N)CCCC(C)C(=O)NC(CCC(=O)O)C(=O)O. The van der Waals surface area contributed by atoms with Gasteiger partial charge in [-0.1, -0.05) is 13.3 Å². The average Bonchev–Trinajstić information content (AvgIpc) is 2.32. The number of nitrogens with two attached hydrogens (primary N) is 1. The minimum absolute atomic E-state index is 0.0765. The molecule has 0 saturated carbocycles. The lowest BCUT2D eigenvalue weighted by atomic mass is 10.0. The lowest BCUT2D eigenvalue weighted by Gasteiger charge is -2.17. The van der Waals surface area contributed by atoms with Crippen molar-refractivity contribution < 1.29 is 24.6 Å². The molecule has 116 valence electrons. The molecule has 0 aliphatic carbocycles. The molecule has 0 fully saturated rings. The summed E-state index contributed by atoms with van der Waals surface area (Å²) in [5, 5.41) is 19.9. The second-order valence-electron chi connectivity index (χ2n) is 5.14. The second kappa shape index (κ2) is 9.30. The molecule has 3 unspecified atom stereocenters. The van der Waals surface area contributed by atoms with Crippen molar-refractivity contribution in [3.63, 3.8) is 0 Å². The first-order chi connectivity index (χ1) is 9.23. The van der Waals surface area contributed by atoms with E-state index in [1.807, 2.05) is 6.92 Å². The highest BCUT2D eigenvalue weighted by molar-refractivity contribution is 5.85. The van der Waals surface area contributed by atoms with Crippen molar-refractivity contribution >= 4 is 17.8 Å². The first-order valence-electron chi connectivity index (χ1n) is 6.74. The van der Waals surface area contributed by atoms with Gasteiger partial charge in [0.05, 0.1) is 0 Å². The van der Waals surface area contributed by atoms with Gasteiger partial charge < -0.3 is 21.3 Å². The maximum atomic E-state index is 11.8. The van der Waals surface area contributed by atoms with Crippen LogP contribution in [0.5, 0.6) is 0 Å². The Labute approximate surface area is 118 Å². The van der Waals surface area contributed by atoms with Gasteiger partial charge in [-0.2, -0.15) is 0 Å². The molecule has 0 aliphatic rings. The van der Waals surface area contributed by atoms with Crippen molar-refractivity contribution in [1.82, 2.24) is 5.32 Å². The monoisotopic (exact) mass is 288 g/mol. The molecule has 0 radical (unpaired) electrons. The summed E-state index contributed by atoms with van der Waals surface area (Å²) in [7, 11) is 0. The fraction of sp³-hybridized carbons (Fsp3) is 0.769. The van der Waals surface area contributed by atoms with Gasteiger partial charge in [0.1, 0.15) is 6.04 Å². The zero-order valence-corrected chi connectivity index (χ0v) is 12.0. The summed E-state index contributed by atoms with van der Waals surface area (Å²) in [6.45, 7) is 3.60. The average molecular weight is 288 g/mol. The summed E-state index contributed by atoms with van der Waals surface area (Å²) in [5.41, 5.74) is 5.61. The van der Waals surface area contributed by atoms with Crippen LogP contribution in [0.15, 0.2) is 0 Å². The molecule has 0 spiro atoms. The van der Waals surface area contributed by atoms with E-state index >= 15 is 0 Å². The highest BCUT2D eigenvalue weighted by atomic mass is 16.4. The van der Waals surface area contributed by atoms with Crippen LogP contribution in [0.4, 0.5) is 0 Å². The van der Waals surface area contributed by atoms with Gasteiger partial charge in [-0.25, -0.2) is 4.79 Å². The fourth-order valence-corrected chi connectivity index (χ4v) is 1.72. The molecule has 0 heterocycles. The van der Waals surface area contributed by atoms with Gasteiger partial charge >= 0.3 is 11.9 Å². The number of carboxylic acids is 2. The first kappa shape index (κ1) is 18.4. The van der Waals surface area contributed by atoms with Crippen LogP contribution in [0.25, 0.3) is 0 Å². The van der Waals surface area contributed by atoms with Crippen LogP contribution in [0, 0.1) is 5.92 Å². The number of carbonyl (C=O) groups is 3. The fourth-order valence-electron chi connectivity index (χ4n) is 1.72. The van der Waals surface area contributed by atoms with E-state index in [-0.39, 0.29) is 30.7 Å². The van der Waals surface area contributed by atoms with Gasteiger partial charge in [0.15, 0.2) is 0 Å². The third kappa shape index (κ3) is 8.47. The number of nitrogens with one attached hydrogen (secondary N) is 1. The Bertz CT molecular complexity index is 344. The number of carbonyl (C=O) groups excluding carboxylic acids is 1. The van der Waals surface area contributed by atoms with Crippen LogP contribution in [0.1, 0.15) is 46.0 Å². The lowest BCUT2D eigenvalue weighted by Crippen LogP contribution is -2.43. The molecule has 0 rings (SSSR count). The van der Waals surface area contributed by atoms with Crippen molar-refractivity contribution in [1.29, 1.82) is 0 Å². The molecule has 0 bridgehead atoms. The van der Waals surface area contributed by atoms with E-state index in [0.29, 0.717) is 6.42 Å². The summed E-state index contributed by atoms with van der Waals surface area (Å²) in [6.07, 6.45) is 1.80. The molecule has 3 atom stereocenters. The maximum Gasteiger partial charge on any atom is 0.326 e. The number of rotatable bonds is 10. The Morgan fingerprint density at radius 2 is 1.70 bits per heavy atom. The molecule has 7 nitrogen and oxygen atoms in total. The Morgan fingerprint density at radius 1 is 1.10 bits per heavy atom. The number of carboxylic acid groups (broad SMARTS) is 2. The van der Waals surface area contributed by atoms with E-state index in [0.717, 1.165) is 12.8 Å². The van der Waals surface area contributed by atoms with Gasteiger partial charge in [-0.3, -0.25) is 9.59 Å². The largest absolute Gasteiger partial charge is 0.481 e. The van der Waals surface area contributed by atoms with E-state index < -0.39 is 18.0 Å². The molecule has 0 aromatic carbocycles. The van der Waals surface area contributed by atoms with Gasteiger partial charge in [-0.05, 0) is 26.2 Å². The number of hydrogen-bond donors (Lipinski definition) is 4. The van der Waals surface area contributed by atoms with Crippen molar-refractivity contribution in [2.75, 3.05) is 0 Å². The minimum atomic E-state index is -1.22. The maximum absolute atomic E-state index is 11.8. The predicted octanol–water partition coefficient (Wildman–Crippen LogP) is 0.574. The Kier molecular flexibility index (Phi) is 8.54. The smallest absolute Gasteiger partial charge is 0.326 e. The summed E-state index contributed by atoms with van der Waals surface area (Å²) in [6, 6.07) is -1.08. The third-order valence-corrected chi connectivity index (χ3v) is 3.01. The molecule has 0 aromatic heterocycles. The van der Waals surface area contributed by atoms with Gasteiger partial charge in [0.2, 0.25) is 5.91 Å². The quantitative estimate of drug-likeness (QED) is 0.465. The third-order valence-electron chi connectivity index (χ3n) is 3.01. The molecule has 0 aliphatic heterocycles. The molecule has 1 amide bonds. The summed E-state index contributed by atoms with van der Waals surface area (Å²) >= 11 is 0. The molecule has 20 heavy (non-hydrogen) atoms. The van der Waals surface area contributed by atoms with E-state index in [1.54, 1.807) is 6.92 Å². The Balaban J connectivity index is 4.23. The highest BCUT2D eigenvalue weighted by Crippen LogP contribution is 2.10. The normalized spacial score (nSPS) is 15.2. The topological polar surface area (TPSA) is 130 Å². The van der Waals surface area contributed by atoms with E-state index in [2.05, 4.69) is 5.32 Å². The summed E-state index contributed by atoms with van der Waals surface area (Å²) in [4.78, 5) is 33.2. The van der Waals surface area contributed by atoms with Crippen molar-refractivity contribution in [2.45, 2.75) is 58.0 Å². The van der Waals surface area contributed by atoms with Crippen LogP contribution in [0.2, 0.25) is 0 Å². The van der Waals surface area contributed by atoms with Crippen molar-refractivity contribution in [2.24, 2.45) is 11.7 Å². The molecular formula is C13H24N2O5. The number of amides is 1. The number of aliphatic carboxylic acids is 2. The number of hydrogen-bond acceptors (Lipinski definition) is 4. The van der Waals surface area contributed by atoms with Gasteiger partial charge in [-0.15, -0.1) is 0 Å². The van der Waals surface area contributed by atoms with Crippen molar-refractivity contribution in [3.05, 3.63) is 0 Å². The second-order valence-corrected chi connectivity index (χ2v) is 5.14. The first-order valence-corrected chi connectivity index (χ1v) is 6.74. The highest BCUT2D eigenvalue weighted by Gasteiger charge is 2.23. The van der Waals surface area contributed by atoms with Crippen molar-refractivity contribution in [3.8, 4) is 0 Å². The van der Waals surface area contributed by atoms with E-state index in [9.17, 15) is 14.4 Å². The summed E-state index contributed by atoms with van der Waals surface area (Å²) in [5.74, 6) is -2.99. The Morgan fingerprint density at radius 3 is 2.15 bits per heavy atom. The zero-order chi connectivity index (χ0) is 15.7. The van der Waals surface area contributed by atoms with Gasteiger partial charge in [0.25, 0.3) is 0 Å². The molecule has 0 saturated heterocycles. The minimum Gasteiger partial charge on any atom is -0.481 e. The van der Waals surface area contributed by atoms with Crippen LogP contribution in [-0.2, 0) is 14.4 Å². The lowest BCUT2D eigenvalue weighted by molar-refractivity contribution is -0.143.